The molecule has 0 unspecified atom stereocenters. The fourth-order valence-electron chi connectivity index (χ4n) is 2.04. The van der Waals surface area contributed by atoms with Gasteiger partial charge in [0.1, 0.15) is 23.0 Å². The quantitative estimate of drug-likeness (QED) is 0.524. The maximum atomic E-state index is 5.94. The van der Waals surface area contributed by atoms with Gasteiger partial charge in [-0.3, -0.25) is 0 Å². The smallest absolute Gasteiger partial charge is 0.134 e. The maximum absolute atomic E-state index is 5.94. The van der Waals surface area contributed by atoms with Crippen LogP contribution in [0.15, 0.2) is 45.3 Å². The number of halogens is 2. The third kappa shape index (κ3) is 5.31. The second kappa shape index (κ2) is 9.18. The predicted molar refractivity (Wildman–Crippen MR) is 102 cm³/mol. The van der Waals surface area contributed by atoms with E-state index in [0.29, 0.717) is 6.61 Å². The highest BCUT2D eigenvalue weighted by Crippen LogP contribution is 2.31. The van der Waals surface area contributed by atoms with E-state index in [1.165, 1.54) is 0 Å². The van der Waals surface area contributed by atoms with E-state index in [1.54, 1.807) is 14.2 Å². The Labute approximate surface area is 159 Å². The molecule has 0 heterocycles. The zero-order chi connectivity index (χ0) is 17.5. The molecule has 0 spiro atoms. The van der Waals surface area contributed by atoms with E-state index in [4.69, 9.17) is 18.9 Å². The van der Waals surface area contributed by atoms with Gasteiger partial charge >= 0.3 is 0 Å². The average molecular weight is 460 g/mol. The highest BCUT2D eigenvalue weighted by Gasteiger charge is 2.10. The normalized spacial score (nSPS) is 11.7. The number of hydrogen-bond donors (Lipinski definition) is 0. The minimum absolute atomic E-state index is 0.0201. The first kappa shape index (κ1) is 18.9. The van der Waals surface area contributed by atoms with E-state index < -0.39 is 0 Å². The molecule has 0 N–H and O–H groups in total. The molecule has 0 bridgehead atoms. The van der Waals surface area contributed by atoms with Crippen LogP contribution in [-0.2, 0) is 0 Å². The molecule has 6 heteroatoms. The van der Waals surface area contributed by atoms with Crippen molar-refractivity contribution in [2.24, 2.45) is 0 Å². The van der Waals surface area contributed by atoms with Gasteiger partial charge in [-0.15, -0.1) is 0 Å². The molecule has 0 aliphatic heterocycles. The zero-order valence-electron chi connectivity index (χ0n) is 13.8. The van der Waals surface area contributed by atoms with Gasteiger partial charge in [-0.1, -0.05) is 0 Å². The number of benzene rings is 2. The molecule has 1 atom stereocenters. The largest absolute Gasteiger partial charge is 0.497 e. The van der Waals surface area contributed by atoms with Gasteiger partial charge in [-0.05, 0) is 75.2 Å². The first-order chi connectivity index (χ1) is 11.5. The molecule has 0 radical (unpaired) electrons. The fourth-order valence-corrected chi connectivity index (χ4v) is 2.96. The zero-order valence-corrected chi connectivity index (χ0v) is 17.0. The Hall–Kier alpha value is -1.40. The van der Waals surface area contributed by atoms with Crippen molar-refractivity contribution in [3.8, 4) is 23.0 Å². The molecule has 4 nitrogen and oxygen atoms in total. The molecule has 130 valence electrons. The lowest BCUT2D eigenvalue weighted by Gasteiger charge is -2.17. The highest BCUT2D eigenvalue weighted by molar-refractivity contribution is 9.10. The topological polar surface area (TPSA) is 36.9 Å². The number of hydrogen-bond acceptors (Lipinski definition) is 4. The molecule has 24 heavy (non-hydrogen) atoms. The molecular formula is C18H20Br2O4. The third-order valence-corrected chi connectivity index (χ3v) is 4.63. The van der Waals surface area contributed by atoms with Crippen molar-refractivity contribution in [1.82, 2.24) is 0 Å². The molecule has 0 aliphatic carbocycles. The van der Waals surface area contributed by atoms with Crippen molar-refractivity contribution in [2.75, 3.05) is 20.8 Å². The van der Waals surface area contributed by atoms with Crippen molar-refractivity contribution in [2.45, 2.75) is 19.4 Å². The summed E-state index contributed by atoms with van der Waals surface area (Å²) in [5, 5.41) is 0. The van der Waals surface area contributed by atoms with Gasteiger partial charge < -0.3 is 18.9 Å². The van der Waals surface area contributed by atoms with Gasteiger partial charge in [-0.2, -0.15) is 0 Å². The molecule has 2 aromatic carbocycles. The Balaban J connectivity index is 1.84. The van der Waals surface area contributed by atoms with Gasteiger partial charge in [0.25, 0.3) is 0 Å². The summed E-state index contributed by atoms with van der Waals surface area (Å²) < 4.78 is 23.8. The average Bonchev–Trinajstić information content (AvgIpc) is 2.58. The number of rotatable bonds is 8. The van der Waals surface area contributed by atoms with Gasteiger partial charge in [0.15, 0.2) is 0 Å². The third-order valence-electron chi connectivity index (χ3n) is 3.39. The van der Waals surface area contributed by atoms with Crippen molar-refractivity contribution >= 4 is 31.9 Å². The molecule has 2 aromatic rings. The second-order valence-corrected chi connectivity index (χ2v) is 6.87. The molecular weight excluding hydrogens is 440 g/mol. The summed E-state index contributed by atoms with van der Waals surface area (Å²) >= 11 is 6.97. The van der Waals surface area contributed by atoms with Gasteiger partial charge in [0.2, 0.25) is 0 Å². The van der Waals surface area contributed by atoms with Crippen LogP contribution in [0.5, 0.6) is 23.0 Å². The second-order valence-electron chi connectivity index (χ2n) is 5.16. The van der Waals surface area contributed by atoms with Crippen LogP contribution < -0.4 is 18.9 Å². The molecule has 0 aromatic heterocycles. The highest BCUT2D eigenvalue weighted by atomic mass is 79.9. The van der Waals surface area contributed by atoms with Crippen LogP contribution in [0.1, 0.15) is 13.3 Å². The van der Waals surface area contributed by atoms with Gasteiger partial charge in [0.05, 0.1) is 35.9 Å². The molecule has 0 amide bonds. The van der Waals surface area contributed by atoms with E-state index in [0.717, 1.165) is 38.4 Å². The van der Waals surface area contributed by atoms with Crippen LogP contribution in [-0.4, -0.2) is 26.9 Å². The van der Waals surface area contributed by atoms with Crippen LogP contribution in [0.2, 0.25) is 0 Å². The molecule has 0 fully saturated rings. The van der Waals surface area contributed by atoms with Crippen LogP contribution in [0, 0.1) is 0 Å². The molecule has 0 aliphatic rings. The van der Waals surface area contributed by atoms with Crippen LogP contribution in [0.25, 0.3) is 0 Å². The lowest BCUT2D eigenvalue weighted by atomic mass is 10.2. The monoisotopic (exact) mass is 458 g/mol. The van der Waals surface area contributed by atoms with Gasteiger partial charge in [0, 0.05) is 6.42 Å². The lowest BCUT2D eigenvalue weighted by molar-refractivity contribution is 0.175. The Morgan fingerprint density at radius 1 is 0.875 bits per heavy atom. The summed E-state index contributed by atoms with van der Waals surface area (Å²) in [6.45, 7) is 2.57. The van der Waals surface area contributed by atoms with Crippen molar-refractivity contribution < 1.29 is 18.9 Å². The fraction of sp³-hybridized carbons (Fsp3) is 0.333. The van der Waals surface area contributed by atoms with E-state index in [1.807, 2.05) is 43.3 Å². The minimum Gasteiger partial charge on any atom is -0.497 e. The Morgan fingerprint density at radius 2 is 1.42 bits per heavy atom. The molecule has 0 saturated carbocycles. The van der Waals surface area contributed by atoms with E-state index in [-0.39, 0.29) is 6.10 Å². The van der Waals surface area contributed by atoms with E-state index in [2.05, 4.69) is 31.9 Å². The van der Waals surface area contributed by atoms with Gasteiger partial charge in [-0.25, -0.2) is 0 Å². The van der Waals surface area contributed by atoms with Crippen LogP contribution in [0.4, 0.5) is 0 Å². The summed E-state index contributed by atoms with van der Waals surface area (Å²) in [5.41, 5.74) is 0. The predicted octanol–water partition coefficient (Wildman–Crippen LogP) is 5.47. The van der Waals surface area contributed by atoms with E-state index in [9.17, 15) is 0 Å². The van der Waals surface area contributed by atoms with Crippen molar-refractivity contribution in [3.05, 3.63) is 45.3 Å². The summed E-state index contributed by atoms with van der Waals surface area (Å²) in [5.74, 6) is 3.15. The SMILES string of the molecule is COc1ccc(OCC[C@H](C)Oc2ccc(OC)cc2Br)c(Br)c1. The van der Waals surface area contributed by atoms with Crippen molar-refractivity contribution in [1.29, 1.82) is 0 Å². The summed E-state index contributed by atoms with van der Waals surface area (Å²) in [7, 11) is 3.28. The minimum atomic E-state index is 0.0201. The number of ether oxygens (including phenoxy) is 4. The standard InChI is InChI=1S/C18H20Br2O4/c1-12(24-18-7-5-14(22-3)11-16(18)20)8-9-23-17-6-4-13(21-2)10-15(17)19/h4-7,10-12H,8-9H2,1-3H3/t12-/m0/s1. The first-order valence-electron chi connectivity index (χ1n) is 7.50. The Kier molecular flexibility index (Phi) is 7.24. The molecule has 2 rings (SSSR count). The van der Waals surface area contributed by atoms with Crippen LogP contribution >= 0.6 is 31.9 Å². The Morgan fingerprint density at radius 3 is 1.92 bits per heavy atom. The first-order valence-corrected chi connectivity index (χ1v) is 9.08. The van der Waals surface area contributed by atoms with Crippen molar-refractivity contribution in [3.63, 3.8) is 0 Å². The van der Waals surface area contributed by atoms with Crippen LogP contribution in [0.3, 0.4) is 0 Å². The number of methoxy groups -OCH3 is 2. The molecule has 0 saturated heterocycles. The summed E-state index contributed by atoms with van der Waals surface area (Å²) in [6, 6.07) is 11.3. The summed E-state index contributed by atoms with van der Waals surface area (Å²) in [6.07, 6.45) is 0.781. The maximum Gasteiger partial charge on any atom is 0.134 e. The summed E-state index contributed by atoms with van der Waals surface area (Å²) in [4.78, 5) is 0. The Bertz CT molecular complexity index is 676. The van der Waals surface area contributed by atoms with E-state index >= 15 is 0 Å². The lowest BCUT2D eigenvalue weighted by Crippen LogP contribution is -2.16.